The lowest BCUT2D eigenvalue weighted by molar-refractivity contribution is 1.03. The summed E-state index contributed by atoms with van der Waals surface area (Å²) in [6, 6.07) is 3.79. The van der Waals surface area contributed by atoms with Crippen molar-refractivity contribution in [3.8, 4) is 0 Å². The third-order valence-corrected chi connectivity index (χ3v) is 4.26. The van der Waals surface area contributed by atoms with Crippen LogP contribution in [0, 0.1) is 0 Å². The van der Waals surface area contributed by atoms with Gasteiger partial charge < -0.3 is 0 Å². The standard InChI is InChI=1S/C11H7ClN4S2/c12-10-7-2-4-17-11(7)16-8(15-10)5-18-9-1-3-13-6-14-9/h1-4,6H,5H2. The van der Waals surface area contributed by atoms with Gasteiger partial charge in [0.05, 0.1) is 10.8 Å². The Labute approximate surface area is 116 Å². The highest BCUT2D eigenvalue weighted by atomic mass is 35.5. The molecule has 3 aromatic rings. The maximum absolute atomic E-state index is 6.11. The van der Waals surface area contributed by atoms with Gasteiger partial charge in [0.1, 0.15) is 22.1 Å². The number of hydrogen-bond acceptors (Lipinski definition) is 6. The second-order valence-corrected chi connectivity index (χ2v) is 5.65. The molecule has 3 rings (SSSR count). The molecule has 4 nitrogen and oxygen atoms in total. The van der Waals surface area contributed by atoms with Crippen molar-refractivity contribution in [3.63, 3.8) is 0 Å². The van der Waals surface area contributed by atoms with Crippen LogP contribution in [0.1, 0.15) is 5.82 Å². The van der Waals surface area contributed by atoms with Crippen LogP contribution in [-0.2, 0) is 5.75 Å². The highest BCUT2D eigenvalue weighted by molar-refractivity contribution is 7.98. The normalized spacial score (nSPS) is 10.9. The molecule has 0 aromatic carbocycles. The van der Waals surface area contributed by atoms with Gasteiger partial charge in [-0.15, -0.1) is 11.3 Å². The number of halogens is 1. The first-order valence-corrected chi connectivity index (χ1v) is 7.36. The van der Waals surface area contributed by atoms with E-state index in [2.05, 4.69) is 19.9 Å². The molecule has 0 N–H and O–H groups in total. The van der Waals surface area contributed by atoms with Crippen LogP contribution in [0.15, 0.2) is 35.1 Å². The van der Waals surface area contributed by atoms with Gasteiger partial charge in [0.25, 0.3) is 0 Å². The van der Waals surface area contributed by atoms with Crippen LogP contribution in [0.4, 0.5) is 0 Å². The van der Waals surface area contributed by atoms with Crippen molar-refractivity contribution in [1.82, 2.24) is 19.9 Å². The van der Waals surface area contributed by atoms with Crippen molar-refractivity contribution < 1.29 is 0 Å². The average molecular weight is 295 g/mol. The Morgan fingerprint density at radius 2 is 2.22 bits per heavy atom. The zero-order chi connectivity index (χ0) is 12.4. The van der Waals surface area contributed by atoms with Crippen LogP contribution in [0.3, 0.4) is 0 Å². The van der Waals surface area contributed by atoms with Gasteiger partial charge in [0.2, 0.25) is 0 Å². The lowest BCUT2D eigenvalue weighted by Crippen LogP contribution is -1.93. The first-order chi connectivity index (χ1) is 8.83. The van der Waals surface area contributed by atoms with Crippen molar-refractivity contribution in [1.29, 1.82) is 0 Å². The summed E-state index contributed by atoms with van der Waals surface area (Å²) in [5.41, 5.74) is 0. The number of aromatic nitrogens is 4. The van der Waals surface area contributed by atoms with Gasteiger partial charge in [-0.25, -0.2) is 19.9 Å². The third-order valence-electron chi connectivity index (χ3n) is 2.23. The Hall–Kier alpha value is -1.24. The Balaban J connectivity index is 1.82. The Morgan fingerprint density at radius 1 is 1.28 bits per heavy atom. The monoisotopic (exact) mass is 294 g/mol. The molecule has 0 radical (unpaired) electrons. The molecular formula is C11H7ClN4S2. The van der Waals surface area contributed by atoms with Crippen LogP contribution in [0.2, 0.25) is 5.15 Å². The quantitative estimate of drug-likeness (QED) is 0.547. The fraction of sp³-hybridized carbons (Fsp3) is 0.0909. The van der Waals surface area contributed by atoms with E-state index in [0.29, 0.717) is 10.9 Å². The molecule has 0 saturated heterocycles. The van der Waals surface area contributed by atoms with Gasteiger partial charge in [0.15, 0.2) is 0 Å². The Morgan fingerprint density at radius 3 is 3.06 bits per heavy atom. The number of thiophene rings is 1. The van der Waals surface area contributed by atoms with E-state index in [-0.39, 0.29) is 0 Å². The van der Waals surface area contributed by atoms with E-state index in [1.54, 1.807) is 29.3 Å². The van der Waals surface area contributed by atoms with Crippen molar-refractivity contribution >= 4 is 44.9 Å². The van der Waals surface area contributed by atoms with Crippen LogP contribution >= 0.6 is 34.7 Å². The maximum atomic E-state index is 6.11. The molecule has 7 heteroatoms. The molecule has 0 aliphatic rings. The summed E-state index contributed by atoms with van der Waals surface area (Å²) in [5, 5.41) is 4.29. The minimum absolute atomic E-state index is 0.513. The summed E-state index contributed by atoms with van der Waals surface area (Å²) in [5.74, 6) is 1.36. The molecule has 90 valence electrons. The fourth-order valence-corrected chi connectivity index (χ4v) is 3.20. The minimum Gasteiger partial charge on any atom is -0.245 e. The predicted molar refractivity (Wildman–Crippen MR) is 74.0 cm³/mol. The van der Waals surface area contributed by atoms with Gasteiger partial charge in [-0.2, -0.15) is 0 Å². The highest BCUT2D eigenvalue weighted by Gasteiger charge is 2.07. The van der Waals surface area contributed by atoms with Gasteiger partial charge in [-0.05, 0) is 17.5 Å². The molecule has 0 unspecified atom stereocenters. The van der Waals surface area contributed by atoms with E-state index in [9.17, 15) is 0 Å². The summed E-state index contributed by atoms with van der Waals surface area (Å²) in [6.45, 7) is 0. The van der Waals surface area contributed by atoms with E-state index in [1.807, 2.05) is 17.5 Å². The topological polar surface area (TPSA) is 51.6 Å². The molecule has 0 fully saturated rings. The number of rotatable bonds is 3. The summed E-state index contributed by atoms with van der Waals surface area (Å²) in [6.07, 6.45) is 3.24. The Bertz CT molecular complexity index is 671. The smallest absolute Gasteiger partial charge is 0.142 e. The van der Waals surface area contributed by atoms with E-state index in [4.69, 9.17) is 11.6 Å². The van der Waals surface area contributed by atoms with Crippen LogP contribution in [0.25, 0.3) is 10.2 Å². The Kier molecular flexibility index (Phi) is 3.40. The fourth-order valence-electron chi connectivity index (χ4n) is 1.43. The molecule has 0 aliphatic carbocycles. The largest absolute Gasteiger partial charge is 0.245 e. The lowest BCUT2D eigenvalue weighted by Gasteiger charge is -2.01. The lowest BCUT2D eigenvalue weighted by atomic mass is 10.4. The average Bonchev–Trinajstić information content (AvgIpc) is 2.86. The van der Waals surface area contributed by atoms with Crippen LogP contribution < -0.4 is 0 Å². The molecule has 0 amide bonds. The number of fused-ring (bicyclic) bond motifs is 1. The molecular weight excluding hydrogens is 288 g/mol. The number of nitrogens with zero attached hydrogens (tertiary/aromatic N) is 4. The molecule has 3 heterocycles. The van der Waals surface area contributed by atoms with Crippen LogP contribution in [-0.4, -0.2) is 19.9 Å². The van der Waals surface area contributed by atoms with E-state index in [0.717, 1.165) is 21.1 Å². The molecule has 0 atom stereocenters. The SMILES string of the molecule is Clc1nc(CSc2ccncn2)nc2sccc12. The van der Waals surface area contributed by atoms with Gasteiger partial charge >= 0.3 is 0 Å². The van der Waals surface area contributed by atoms with E-state index < -0.39 is 0 Å². The molecule has 18 heavy (non-hydrogen) atoms. The second-order valence-electron chi connectivity index (χ2n) is 3.41. The van der Waals surface area contributed by atoms with E-state index in [1.165, 1.54) is 6.33 Å². The van der Waals surface area contributed by atoms with Crippen molar-refractivity contribution in [2.45, 2.75) is 10.8 Å². The van der Waals surface area contributed by atoms with Gasteiger partial charge in [-0.1, -0.05) is 23.4 Å². The zero-order valence-corrected chi connectivity index (χ0v) is 11.5. The van der Waals surface area contributed by atoms with Crippen LogP contribution in [0.5, 0.6) is 0 Å². The molecule has 0 bridgehead atoms. The zero-order valence-electron chi connectivity index (χ0n) is 9.08. The molecule has 0 spiro atoms. The first kappa shape index (κ1) is 11.8. The first-order valence-electron chi connectivity index (χ1n) is 5.11. The highest BCUT2D eigenvalue weighted by Crippen LogP contribution is 2.26. The molecule has 0 saturated carbocycles. The van der Waals surface area contributed by atoms with Crippen molar-refractivity contribution in [2.24, 2.45) is 0 Å². The summed E-state index contributed by atoms with van der Waals surface area (Å²) >= 11 is 9.24. The van der Waals surface area contributed by atoms with Crippen molar-refractivity contribution in [3.05, 3.63) is 41.0 Å². The summed E-state index contributed by atoms with van der Waals surface area (Å²) in [7, 11) is 0. The predicted octanol–water partition coefficient (Wildman–Crippen LogP) is 3.43. The molecule has 0 aliphatic heterocycles. The van der Waals surface area contributed by atoms with Crippen molar-refractivity contribution in [2.75, 3.05) is 0 Å². The number of thioether (sulfide) groups is 1. The van der Waals surface area contributed by atoms with Gasteiger partial charge in [-0.3, -0.25) is 0 Å². The summed E-state index contributed by atoms with van der Waals surface area (Å²) < 4.78 is 0. The minimum atomic E-state index is 0.513. The molecule has 3 aromatic heterocycles. The summed E-state index contributed by atoms with van der Waals surface area (Å²) in [4.78, 5) is 17.7. The third kappa shape index (κ3) is 2.45. The number of hydrogen-bond donors (Lipinski definition) is 0. The van der Waals surface area contributed by atoms with Gasteiger partial charge in [0, 0.05) is 11.6 Å². The maximum Gasteiger partial charge on any atom is 0.142 e. The second kappa shape index (κ2) is 5.17. The van der Waals surface area contributed by atoms with E-state index >= 15 is 0 Å².